The topological polar surface area (TPSA) is 67.2 Å². The molecular formula is C13H19N3O. The molecule has 17 heavy (non-hydrogen) atoms. The van der Waals surface area contributed by atoms with E-state index in [2.05, 4.69) is 10.6 Å². The Morgan fingerprint density at radius 2 is 2.18 bits per heavy atom. The molecule has 1 fully saturated rings. The maximum atomic E-state index is 10.9. The van der Waals surface area contributed by atoms with Crippen molar-refractivity contribution < 1.29 is 4.79 Å². The van der Waals surface area contributed by atoms with Crippen LogP contribution >= 0.6 is 0 Å². The monoisotopic (exact) mass is 233 g/mol. The number of primary amides is 1. The Labute approximate surface area is 102 Å². The molecule has 0 radical (unpaired) electrons. The summed E-state index contributed by atoms with van der Waals surface area (Å²) in [4.78, 5) is 10.9. The van der Waals surface area contributed by atoms with Gasteiger partial charge < -0.3 is 16.4 Å². The van der Waals surface area contributed by atoms with Gasteiger partial charge in [-0.3, -0.25) is 4.79 Å². The van der Waals surface area contributed by atoms with Crippen molar-refractivity contribution in [1.29, 1.82) is 0 Å². The molecule has 4 nitrogen and oxygen atoms in total. The molecule has 1 aromatic carbocycles. The van der Waals surface area contributed by atoms with Crippen LogP contribution in [0.1, 0.15) is 29.6 Å². The van der Waals surface area contributed by atoms with Crippen LogP contribution in [-0.4, -0.2) is 25.0 Å². The van der Waals surface area contributed by atoms with Crippen molar-refractivity contribution in [3.05, 3.63) is 29.8 Å². The first-order chi connectivity index (χ1) is 8.25. The van der Waals surface area contributed by atoms with Crippen LogP contribution in [0.5, 0.6) is 0 Å². The van der Waals surface area contributed by atoms with Gasteiger partial charge in [-0.1, -0.05) is 0 Å². The maximum absolute atomic E-state index is 10.9. The molecule has 0 aromatic heterocycles. The van der Waals surface area contributed by atoms with Crippen LogP contribution in [0.4, 0.5) is 5.69 Å². The third-order valence-electron chi connectivity index (χ3n) is 3.15. The van der Waals surface area contributed by atoms with Crippen molar-refractivity contribution in [1.82, 2.24) is 5.32 Å². The minimum atomic E-state index is -0.383. The molecule has 0 bridgehead atoms. The number of amides is 1. The lowest BCUT2D eigenvalue weighted by atomic mass is 10.1. The minimum absolute atomic E-state index is 0.383. The highest BCUT2D eigenvalue weighted by Crippen LogP contribution is 2.11. The molecule has 1 amide bonds. The molecule has 0 aliphatic carbocycles. The van der Waals surface area contributed by atoms with Crippen LogP contribution in [-0.2, 0) is 0 Å². The van der Waals surface area contributed by atoms with Crippen molar-refractivity contribution in [3.63, 3.8) is 0 Å². The predicted octanol–water partition coefficient (Wildman–Crippen LogP) is 1.34. The Kier molecular flexibility index (Phi) is 3.98. The summed E-state index contributed by atoms with van der Waals surface area (Å²) < 4.78 is 0. The van der Waals surface area contributed by atoms with E-state index in [1.54, 1.807) is 12.1 Å². The van der Waals surface area contributed by atoms with Crippen molar-refractivity contribution >= 4 is 11.6 Å². The van der Waals surface area contributed by atoms with Crippen LogP contribution < -0.4 is 16.4 Å². The SMILES string of the molecule is NC(=O)c1ccc(NCCC2CCCN2)cc1. The third kappa shape index (κ3) is 3.46. The average molecular weight is 233 g/mol. The lowest BCUT2D eigenvalue weighted by molar-refractivity contribution is 0.100. The molecule has 1 unspecified atom stereocenters. The van der Waals surface area contributed by atoms with Gasteiger partial charge in [0.2, 0.25) is 5.91 Å². The van der Waals surface area contributed by atoms with Crippen LogP contribution in [0.15, 0.2) is 24.3 Å². The molecule has 1 aromatic rings. The quantitative estimate of drug-likeness (QED) is 0.719. The molecule has 0 saturated carbocycles. The van der Waals surface area contributed by atoms with E-state index in [1.807, 2.05) is 12.1 Å². The number of hydrogen-bond acceptors (Lipinski definition) is 3. The Morgan fingerprint density at radius 3 is 2.76 bits per heavy atom. The zero-order chi connectivity index (χ0) is 12.1. The minimum Gasteiger partial charge on any atom is -0.385 e. The number of hydrogen-bond donors (Lipinski definition) is 3. The third-order valence-corrected chi connectivity index (χ3v) is 3.15. The standard InChI is InChI=1S/C13H19N3O/c14-13(17)10-3-5-12(6-4-10)16-9-7-11-2-1-8-15-11/h3-6,11,15-16H,1-2,7-9H2,(H2,14,17). The van der Waals surface area contributed by atoms with E-state index in [4.69, 9.17) is 5.73 Å². The zero-order valence-electron chi connectivity index (χ0n) is 9.91. The number of benzene rings is 1. The van der Waals surface area contributed by atoms with Crippen molar-refractivity contribution in [2.24, 2.45) is 5.73 Å². The Bertz CT molecular complexity index is 369. The summed E-state index contributed by atoms with van der Waals surface area (Å²) in [6.07, 6.45) is 3.71. The Balaban J connectivity index is 1.76. The number of anilines is 1. The molecule has 4 N–H and O–H groups in total. The summed E-state index contributed by atoms with van der Waals surface area (Å²) >= 11 is 0. The van der Waals surface area contributed by atoms with E-state index in [1.165, 1.54) is 12.8 Å². The summed E-state index contributed by atoms with van der Waals surface area (Å²) in [5, 5.41) is 6.81. The van der Waals surface area contributed by atoms with E-state index >= 15 is 0 Å². The van der Waals surface area contributed by atoms with E-state index in [-0.39, 0.29) is 5.91 Å². The van der Waals surface area contributed by atoms with Gasteiger partial charge in [0.25, 0.3) is 0 Å². The van der Waals surface area contributed by atoms with Gasteiger partial charge in [-0.2, -0.15) is 0 Å². The fourth-order valence-electron chi connectivity index (χ4n) is 2.15. The molecule has 1 atom stereocenters. The first kappa shape index (κ1) is 11.9. The highest BCUT2D eigenvalue weighted by atomic mass is 16.1. The highest BCUT2D eigenvalue weighted by Gasteiger charge is 2.12. The molecular weight excluding hydrogens is 214 g/mol. The largest absolute Gasteiger partial charge is 0.385 e. The number of nitrogens with one attached hydrogen (secondary N) is 2. The molecule has 1 aliphatic rings. The molecule has 0 spiro atoms. The summed E-state index contributed by atoms with van der Waals surface area (Å²) in [6, 6.07) is 7.94. The fraction of sp³-hybridized carbons (Fsp3) is 0.462. The van der Waals surface area contributed by atoms with Crippen molar-refractivity contribution in [3.8, 4) is 0 Å². The first-order valence-electron chi connectivity index (χ1n) is 6.13. The number of carbonyl (C=O) groups is 1. The fourth-order valence-corrected chi connectivity index (χ4v) is 2.15. The summed E-state index contributed by atoms with van der Waals surface area (Å²) in [7, 11) is 0. The summed E-state index contributed by atoms with van der Waals surface area (Å²) in [5.74, 6) is -0.383. The van der Waals surface area contributed by atoms with E-state index in [0.29, 0.717) is 11.6 Å². The van der Waals surface area contributed by atoms with Gasteiger partial charge in [-0.15, -0.1) is 0 Å². The van der Waals surface area contributed by atoms with Crippen molar-refractivity contribution in [2.75, 3.05) is 18.4 Å². The molecule has 1 aliphatic heterocycles. The number of rotatable bonds is 5. The van der Waals surface area contributed by atoms with Gasteiger partial charge in [0.15, 0.2) is 0 Å². The predicted molar refractivity (Wildman–Crippen MR) is 69.1 cm³/mol. The van der Waals surface area contributed by atoms with Crippen molar-refractivity contribution in [2.45, 2.75) is 25.3 Å². The number of carbonyl (C=O) groups excluding carboxylic acids is 1. The van der Waals surface area contributed by atoms with Crippen LogP contribution in [0.3, 0.4) is 0 Å². The van der Waals surface area contributed by atoms with Gasteiger partial charge in [0.05, 0.1) is 0 Å². The van der Waals surface area contributed by atoms with E-state index < -0.39 is 0 Å². The van der Waals surface area contributed by atoms with Gasteiger partial charge in [-0.25, -0.2) is 0 Å². The average Bonchev–Trinajstić information content (AvgIpc) is 2.83. The summed E-state index contributed by atoms with van der Waals surface area (Å²) in [5.41, 5.74) is 6.76. The molecule has 1 saturated heterocycles. The van der Waals surface area contributed by atoms with Crippen LogP contribution in [0.2, 0.25) is 0 Å². The second-order valence-corrected chi connectivity index (χ2v) is 4.45. The number of nitrogens with two attached hydrogens (primary N) is 1. The zero-order valence-corrected chi connectivity index (χ0v) is 9.91. The highest BCUT2D eigenvalue weighted by molar-refractivity contribution is 5.93. The van der Waals surface area contributed by atoms with E-state index in [0.717, 1.165) is 25.2 Å². The summed E-state index contributed by atoms with van der Waals surface area (Å²) in [6.45, 7) is 2.10. The first-order valence-corrected chi connectivity index (χ1v) is 6.13. The Hall–Kier alpha value is -1.55. The van der Waals surface area contributed by atoms with Crippen LogP contribution in [0.25, 0.3) is 0 Å². The normalized spacial score (nSPS) is 19.2. The van der Waals surface area contributed by atoms with E-state index in [9.17, 15) is 4.79 Å². The molecule has 2 rings (SSSR count). The maximum Gasteiger partial charge on any atom is 0.248 e. The Morgan fingerprint density at radius 1 is 1.41 bits per heavy atom. The lowest BCUT2D eigenvalue weighted by Gasteiger charge is -2.11. The van der Waals surface area contributed by atoms with Gasteiger partial charge in [0, 0.05) is 23.8 Å². The van der Waals surface area contributed by atoms with Gasteiger partial charge in [0.1, 0.15) is 0 Å². The van der Waals surface area contributed by atoms with Gasteiger partial charge in [-0.05, 0) is 50.1 Å². The molecule has 92 valence electrons. The molecule has 1 heterocycles. The lowest BCUT2D eigenvalue weighted by Crippen LogP contribution is -2.24. The second-order valence-electron chi connectivity index (χ2n) is 4.45. The van der Waals surface area contributed by atoms with Gasteiger partial charge >= 0.3 is 0 Å². The second kappa shape index (κ2) is 5.68. The van der Waals surface area contributed by atoms with Crippen LogP contribution in [0, 0.1) is 0 Å². The smallest absolute Gasteiger partial charge is 0.248 e. The molecule has 4 heteroatoms.